The lowest BCUT2D eigenvalue weighted by atomic mass is 10.1. The van der Waals surface area contributed by atoms with E-state index in [0.29, 0.717) is 22.6 Å². The van der Waals surface area contributed by atoms with Crippen molar-refractivity contribution in [2.45, 2.75) is 4.90 Å². The van der Waals surface area contributed by atoms with Crippen LogP contribution in [0.4, 0.5) is 5.69 Å². The number of carbonyl (C=O) groups excluding carboxylic acids is 1. The van der Waals surface area contributed by atoms with Gasteiger partial charge in [0, 0.05) is 18.0 Å². The van der Waals surface area contributed by atoms with E-state index in [1.54, 1.807) is 53.6 Å². The van der Waals surface area contributed by atoms with Gasteiger partial charge >= 0.3 is 5.97 Å². The molecule has 0 saturated heterocycles. The molecule has 1 aliphatic rings. The molecule has 8 nitrogen and oxygen atoms in total. The molecule has 4 rings (SSSR count). The van der Waals surface area contributed by atoms with Crippen LogP contribution in [0, 0.1) is 0 Å². The second-order valence-corrected chi connectivity index (χ2v) is 8.16. The average molecular weight is 437 g/mol. The van der Waals surface area contributed by atoms with Gasteiger partial charge in [-0.05, 0) is 36.4 Å². The monoisotopic (exact) mass is 437 g/mol. The third-order valence-electron chi connectivity index (χ3n) is 4.69. The molecule has 0 unspecified atom stereocenters. The number of anilines is 1. The minimum Gasteiger partial charge on any atom is -0.495 e. The molecular formula is C22H19N3O5S. The minimum atomic E-state index is -3.82. The van der Waals surface area contributed by atoms with Gasteiger partial charge in [0.15, 0.2) is 5.84 Å². The van der Waals surface area contributed by atoms with Crippen molar-refractivity contribution in [3.63, 3.8) is 0 Å². The second kappa shape index (κ2) is 8.57. The molecule has 1 aliphatic heterocycles. The predicted octanol–water partition coefficient (Wildman–Crippen LogP) is 2.90. The van der Waals surface area contributed by atoms with E-state index in [9.17, 15) is 13.2 Å². The van der Waals surface area contributed by atoms with Gasteiger partial charge in [-0.3, -0.25) is 4.98 Å². The van der Waals surface area contributed by atoms with Crippen LogP contribution in [0.25, 0.3) is 0 Å². The minimum absolute atomic E-state index is 0.00693. The summed E-state index contributed by atoms with van der Waals surface area (Å²) in [6.45, 7) is 0.155. The van der Waals surface area contributed by atoms with Crippen molar-refractivity contribution in [2.24, 2.45) is 4.40 Å². The largest absolute Gasteiger partial charge is 0.495 e. The van der Waals surface area contributed by atoms with Gasteiger partial charge in [0.2, 0.25) is 0 Å². The fraction of sp³-hybridized carbons (Fsp3) is 0.136. The average Bonchev–Trinajstić information content (AvgIpc) is 3.08. The van der Waals surface area contributed by atoms with Crippen molar-refractivity contribution >= 4 is 27.5 Å². The Labute approximate surface area is 179 Å². The van der Waals surface area contributed by atoms with Crippen LogP contribution in [0.2, 0.25) is 0 Å². The first-order valence-corrected chi connectivity index (χ1v) is 10.9. The van der Waals surface area contributed by atoms with E-state index < -0.39 is 16.0 Å². The first-order chi connectivity index (χ1) is 15.0. The summed E-state index contributed by atoms with van der Waals surface area (Å²) in [5.74, 6) is 0.262. The Morgan fingerprint density at radius 3 is 2.58 bits per heavy atom. The molecule has 1 aromatic heterocycles. The summed E-state index contributed by atoms with van der Waals surface area (Å²) in [4.78, 5) is 18.0. The zero-order valence-electron chi connectivity index (χ0n) is 16.6. The summed E-state index contributed by atoms with van der Waals surface area (Å²) in [5, 5.41) is 0. The Hall–Kier alpha value is -3.72. The molecule has 0 aliphatic carbocycles. The summed E-state index contributed by atoms with van der Waals surface area (Å²) in [7, 11) is -2.29. The highest BCUT2D eigenvalue weighted by molar-refractivity contribution is 7.90. The van der Waals surface area contributed by atoms with E-state index in [1.165, 1.54) is 19.4 Å². The van der Waals surface area contributed by atoms with E-state index in [4.69, 9.17) is 9.47 Å². The normalized spacial score (nSPS) is 13.8. The van der Waals surface area contributed by atoms with Crippen LogP contribution < -0.4 is 9.64 Å². The van der Waals surface area contributed by atoms with E-state index in [1.807, 2.05) is 12.1 Å². The van der Waals surface area contributed by atoms with Crippen LogP contribution in [0.3, 0.4) is 0 Å². The van der Waals surface area contributed by atoms with E-state index in [2.05, 4.69) is 9.38 Å². The fourth-order valence-corrected chi connectivity index (χ4v) is 4.48. The molecule has 0 saturated carbocycles. The van der Waals surface area contributed by atoms with Gasteiger partial charge in [0.1, 0.15) is 17.3 Å². The number of methoxy groups -OCH3 is 1. The highest BCUT2D eigenvalue weighted by Gasteiger charge is 2.33. The number of rotatable bonds is 6. The van der Waals surface area contributed by atoms with Crippen molar-refractivity contribution in [1.82, 2.24) is 4.98 Å². The maximum Gasteiger partial charge on any atom is 0.339 e. The highest BCUT2D eigenvalue weighted by atomic mass is 32.2. The lowest BCUT2D eigenvalue weighted by Crippen LogP contribution is -2.34. The Morgan fingerprint density at radius 1 is 1.03 bits per heavy atom. The van der Waals surface area contributed by atoms with Crippen molar-refractivity contribution in [3.8, 4) is 5.75 Å². The number of carbonyl (C=O) groups is 1. The number of pyridine rings is 1. The summed E-state index contributed by atoms with van der Waals surface area (Å²) in [6, 6.07) is 17.0. The molecule has 158 valence electrons. The van der Waals surface area contributed by atoms with Gasteiger partial charge in [-0.2, -0.15) is 8.42 Å². The number of benzene rings is 2. The van der Waals surface area contributed by atoms with Gasteiger partial charge < -0.3 is 14.4 Å². The molecule has 0 spiro atoms. The zero-order valence-corrected chi connectivity index (χ0v) is 17.5. The van der Waals surface area contributed by atoms with Crippen LogP contribution in [0.15, 0.2) is 82.4 Å². The van der Waals surface area contributed by atoms with Crippen LogP contribution in [0.5, 0.6) is 5.75 Å². The second-order valence-electron chi connectivity index (χ2n) is 6.59. The van der Waals surface area contributed by atoms with Crippen LogP contribution in [-0.4, -0.2) is 45.5 Å². The maximum atomic E-state index is 12.6. The molecule has 3 aromatic rings. The number of hydrogen-bond acceptors (Lipinski definition) is 7. The molecule has 2 aromatic carbocycles. The third kappa shape index (κ3) is 4.13. The predicted molar refractivity (Wildman–Crippen MR) is 115 cm³/mol. The highest BCUT2D eigenvalue weighted by Crippen LogP contribution is 2.34. The van der Waals surface area contributed by atoms with Gasteiger partial charge in [-0.25, -0.2) is 4.79 Å². The molecule has 2 heterocycles. The topological polar surface area (TPSA) is 98.2 Å². The van der Waals surface area contributed by atoms with Crippen molar-refractivity contribution in [2.75, 3.05) is 25.2 Å². The van der Waals surface area contributed by atoms with Crippen LogP contribution in [0.1, 0.15) is 15.9 Å². The maximum absolute atomic E-state index is 12.6. The Bertz CT molecular complexity index is 1240. The number of nitrogens with zero attached hydrogens (tertiary/aromatic N) is 3. The van der Waals surface area contributed by atoms with Gasteiger partial charge in [0.25, 0.3) is 10.0 Å². The SMILES string of the molecule is COc1ccccc1N(CCOC(=O)c1cccnc1)C1=NS(=O)(=O)c2ccccc21. The van der Waals surface area contributed by atoms with Crippen molar-refractivity contribution in [3.05, 3.63) is 84.2 Å². The smallest absolute Gasteiger partial charge is 0.339 e. The summed E-state index contributed by atoms with van der Waals surface area (Å²) in [5.41, 5.74) is 1.41. The Morgan fingerprint density at radius 2 is 1.81 bits per heavy atom. The summed E-state index contributed by atoms with van der Waals surface area (Å²) in [6.07, 6.45) is 2.99. The van der Waals surface area contributed by atoms with Crippen LogP contribution >= 0.6 is 0 Å². The van der Waals surface area contributed by atoms with Gasteiger partial charge in [-0.15, -0.1) is 4.40 Å². The fourth-order valence-electron chi connectivity index (χ4n) is 3.27. The molecule has 0 bridgehead atoms. The summed E-state index contributed by atoms with van der Waals surface area (Å²) < 4.78 is 40.0. The number of para-hydroxylation sites is 2. The first kappa shape index (κ1) is 20.5. The Balaban J connectivity index is 1.66. The van der Waals surface area contributed by atoms with E-state index >= 15 is 0 Å². The number of sulfonamides is 1. The molecule has 0 radical (unpaired) electrons. The quantitative estimate of drug-likeness (QED) is 0.547. The number of fused-ring (bicyclic) bond motifs is 1. The van der Waals surface area contributed by atoms with Gasteiger partial charge in [0.05, 0.1) is 24.9 Å². The van der Waals surface area contributed by atoms with Crippen LogP contribution in [-0.2, 0) is 14.8 Å². The third-order valence-corrected chi connectivity index (χ3v) is 6.01. The zero-order chi connectivity index (χ0) is 21.8. The summed E-state index contributed by atoms with van der Waals surface area (Å²) >= 11 is 0. The molecule has 0 atom stereocenters. The number of hydrogen-bond donors (Lipinski definition) is 0. The number of amidine groups is 1. The Kier molecular flexibility index (Phi) is 5.68. The van der Waals surface area contributed by atoms with Crippen molar-refractivity contribution < 1.29 is 22.7 Å². The molecule has 0 N–H and O–H groups in total. The molecule has 9 heteroatoms. The molecule has 0 amide bonds. The first-order valence-electron chi connectivity index (χ1n) is 9.43. The van der Waals surface area contributed by atoms with E-state index in [-0.39, 0.29) is 23.9 Å². The number of esters is 1. The lowest BCUT2D eigenvalue weighted by molar-refractivity contribution is 0.0517. The number of ether oxygens (including phenoxy) is 2. The van der Waals surface area contributed by atoms with Gasteiger partial charge in [-0.1, -0.05) is 24.3 Å². The lowest BCUT2D eigenvalue weighted by Gasteiger charge is -2.26. The number of aromatic nitrogens is 1. The van der Waals surface area contributed by atoms with Crippen molar-refractivity contribution in [1.29, 1.82) is 0 Å². The molecule has 31 heavy (non-hydrogen) atoms. The van der Waals surface area contributed by atoms with E-state index in [0.717, 1.165) is 0 Å². The standard InChI is InChI=1S/C22H19N3O5S/c1-29-19-10-4-3-9-18(19)25(13-14-30-22(26)16-7-6-12-23-15-16)21-17-8-2-5-11-20(17)31(27,28)24-21/h2-12,15H,13-14H2,1H3. The molecular weight excluding hydrogens is 418 g/mol. The molecule has 0 fully saturated rings.